The largest absolute Gasteiger partial charge is 0.349 e. The fraction of sp³-hybridized carbons (Fsp3) is 0.818. The third-order valence-corrected chi connectivity index (χ3v) is 6.34. The van der Waals surface area contributed by atoms with E-state index < -0.39 is 11.6 Å². The Hall–Kier alpha value is -0.640. The molecule has 2 aliphatic heterocycles. The Bertz CT molecular complexity index is 456. The molecule has 25 heavy (non-hydrogen) atoms. The molecule has 2 heterocycles. The van der Waals surface area contributed by atoms with Crippen molar-refractivity contribution in [2.24, 2.45) is 10.8 Å². The Morgan fingerprint density at radius 1 is 0.760 bits per heavy atom. The predicted octanol–water partition coefficient (Wildman–Crippen LogP) is 6.00. The molecule has 3 nitrogen and oxygen atoms in total. The normalized spacial score (nSPS) is 43.1. The van der Waals surface area contributed by atoms with Crippen molar-refractivity contribution < 1.29 is 14.2 Å². The van der Waals surface area contributed by atoms with Gasteiger partial charge in [0.25, 0.3) is 0 Å². The highest BCUT2D eigenvalue weighted by Gasteiger charge is 2.56. The molecule has 0 aromatic rings. The summed E-state index contributed by atoms with van der Waals surface area (Å²) in [4.78, 5) is 0. The van der Waals surface area contributed by atoms with Crippen molar-refractivity contribution >= 4 is 0 Å². The summed E-state index contributed by atoms with van der Waals surface area (Å²) in [6.07, 6.45) is 15.4. The lowest BCUT2D eigenvalue weighted by molar-refractivity contribution is -0.412. The summed E-state index contributed by atoms with van der Waals surface area (Å²) >= 11 is 0. The van der Waals surface area contributed by atoms with Crippen molar-refractivity contribution in [3.05, 3.63) is 24.3 Å². The molecule has 0 spiro atoms. The molecule has 2 rings (SSSR count). The highest BCUT2D eigenvalue weighted by Crippen LogP contribution is 2.52. The average Bonchev–Trinajstić information content (AvgIpc) is 2.57. The molecule has 0 N–H and O–H groups in total. The first-order valence-corrected chi connectivity index (χ1v) is 10.1. The van der Waals surface area contributed by atoms with E-state index in [1.54, 1.807) is 0 Å². The van der Waals surface area contributed by atoms with Gasteiger partial charge in [-0.15, -0.1) is 0 Å². The molecule has 2 saturated heterocycles. The van der Waals surface area contributed by atoms with Gasteiger partial charge in [0.15, 0.2) is 11.6 Å². The van der Waals surface area contributed by atoms with Gasteiger partial charge in [-0.05, 0) is 52.4 Å². The minimum absolute atomic E-state index is 0.152. The monoisotopic (exact) mass is 350 g/mol. The van der Waals surface area contributed by atoms with E-state index in [9.17, 15) is 0 Å². The van der Waals surface area contributed by atoms with E-state index in [-0.39, 0.29) is 10.8 Å². The Labute approximate surface area is 154 Å². The van der Waals surface area contributed by atoms with Gasteiger partial charge < -0.3 is 14.2 Å². The van der Waals surface area contributed by atoms with Crippen molar-refractivity contribution in [1.82, 2.24) is 0 Å². The smallest absolute Gasteiger partial charge is 0.177 e. The van der Waals surface area contributed by atoms with Crippen LogP contribution < -0.4 is 0 Å². The van der Waals surface area contributed by atoms with E-state index in [1.807, 2.05) is 0 Å². The summed E-state index contributed by atoms with van der Waals surface area (Å²) in [5.41, 5.74) is -0.305. The number of allylic oxidation sites excluding steroid dienone is 2. The topological polar surface area (TPSA) is 27.7 Å². The molecule has 0 aliphatic carbocycles. The predicted molar refractivity (Wildman–Crippen MR) is 103 cm³/mol. The Morgan fingerprint density at radius 2 is 1.16 bits per heavy atom. The zero-order valence-corrected chi connectivity index (χ0v) is 17.2. The number of hydrogen-bond donors (Lipinski definition) is 0. The van der Waals surface area contributed by atoms with Gasteiger partial charge in [-0.2, -0.15) is 0 Å². The molecule has 3 heteroatoms. The van der Waals surface area contributed by atoms with Crippen molar-refractivity contribution in [3.8, 4) is 0 Å². The van der Waals surface area contributed by atoms with Crippen LogP contribution in [0.25, 0.3) is 0 Å². The summed E-state index contributed by atoms with van der Waals surface area (Å²) in [6, 6.07) is 0. The quantitative estimate of drug-likeness (QED) is 0.550. The van der Waals surface area contributed by atoms with Crippen LogP contribution in [0.4, 0.5) is 0 Å². The molecule has 2 aliphatic rings. The van der Waals surface area contributed by atoms with Crippen molar-refractivity contribution in [3.63, 3.8) is 0 Å². The van der Waals surface area contributed by atoms with E-state index in [2.05, 4.69) is 65.8 Å². The Morgan fingerprint density at radius 3 is 1.52 bits per heavy atom. The molecule has 0 aromatic carbocycles. The Kier molecular flexibility index (Phi) is 6.56. The minimum Gasteiger partial charge on any atom is -0.349 e. The SMILES string of the molecule is CCC=CC1(C)CCCOC1(C)OC1(C)OCCCC1(C)C=CCC. The van der Waals surface area contributed by atoms with Crippen LogP contribution >= 0.6 is 0 Å². The highest BCUT2D eigenvalue weighted by molar-refractivity contribution is 5.10. The van der Waals surface area contributed by atoms with Crippen molar-refractivity contribution in [2.45, 2.75) is 91.6 Å². The molecule has 0 aromatic heterocycles. The second-order valence-electron chi connectivity index (χ2n) is 8.35. The van der Waals surface area contributed by atoms with Gasteiger partial charge in [-0.1, -0.05) is 52.0 Å². The van der Waals surface area contributed by atoms with Crippen LogP contribution in [0.15, 0.2) is 24.3 Å². The van der Waals surface area contributed by atoms with Gasteiger partial charge in [0.2, 0.25) is 0 Å². The van der Waals surface area contributed by atoms with Gasteiger partial charge in [-0.3, -0.25) is 0 Å². The van der Waals surface area contributed by atoms with Gasteiger partial charge in [-0.25, -0.2) is 0 Å². The van der Waals surface area contributed by atoms with E-state index >= 15 is 0 Å². The number of rotatable bonds is 6. The average molecular weight is 351 g/mol. The molecular weight excluding hydrogens is 312 g/mol. The number of hydrogen-bond acceptors (Lipinski definition) is 3. The third-order valence-electron chi connectivity index (χ3n) is 6.34. The van der Waals surface area contributed by atoms with Crippen LogP contribution in [0.3, 0.4) is 0 Å². The summed E-state index contributed by atoms with van der Waals surface area (Å²) in [7, 11) is 0. The molecule has 2 fully saturated rings. The standard InChI is InChI=1S/C22H38O3/c1-7-9-13-19(3)15-11-17-23-21(19,5)25-22(6)20(4,14-10-8-2)16-12-18-24-22/h9-10,13-14H,7-8,11-12,15-18H2,1-6H3. The summed E-state index contributed by atoms with van der Waals surface area (Å²) in [5, 5.41) is 0. The third kappa shape index (κ3) is 4.04. The highest BCUT2D eigenvalue weighted by atomic mass is 16.8. The number of ether oxygens (including phenoxy) is 3. The summed E-state index contributed by atoms with van der Waals surface area (Å²) in [6.45, 7) is 14.5. The zero-order valence-electron chi connectivity index (χ0n) is 17.2. The molecule has 4 atom stereocenters. The summed E-state index contributed by atoms with van der Waals surface area (Å²) < 4.78 is 19.3. The van der Waals surface area contributed by atoms with Gasteiger partial charge >= 0.3 is 0 Å². The summed E-state index contributed by atoms with van der Waals surface area (Å²) in [5.74, 6) is -1.38. The maximum atomic E-state index is 6.79. The molecular formula is C22H38O3. The Balaban J connectivity index is 2.34. The van der Waals surface area contributed by atoms with E-state index in [0.717, 1.165) is 51.7 Å². The maximum Gasteiger partial charge on any atom is 0.177 e. The van der Waals surface area contributed by atoms with Crippen LogP contribution in [-0.4, -0.2) is 24.8 Å². The lowest BCUT2D eigenvalue weighted by atomic mass is 9.73. The van der Waals surface area contributed by atoms with Gasteiger partial charge in [0, 0.05) is 10.8 Å². The lowest BCUT2D eigenvalue weighted by Gasteiger charge is -2.56. The van der Waals surface area contributed by atoms with Crippen LogP contribution in [-0.2, 0) is 14.2 Å². The zero-order chi connectivity index (χ0) is 18.6. The fourth-order valence-corrected chi connectivity index (χ4v) is 4.09. The van der Waals surface area contributed by atoms with Crippen LogP contribution in [0.5, 0.6) is 0 Å². The first-order chi connectivity index (χ1) is 11.7. The van der Waals surface area contributed by atoms with Gasteiger partial charge in [0.1, 0.15) is 0 Å². The van der Waals surface area contributed by atoms with E-state index in [4.69, 9.17) is 14.2 Å². The first kappa shape index (κ1) is 20.7. The molecule has 0 bridgehead atoms. The van der Waals surface area contributed by atoms with E-state index in [1.165, 1.54) is 0 Å². The molecule has 0 amide bonds. The minimum atomic E-state index is -0.690. The molecule has 4 unspecified atom stereocenters. The molecule has 144 valence electrons. The second-order valence-corrected chi connectivity index (χ2v) is 8.35. The van der Waals surface area contributed by atoms with Crippen molar-refractivity contribution in [1.29, 1.82) is 0 Å². The van der Waals surface area contributed by atoms with Crippen molar-refractivity contribution in [2.75, 3.05) is 13.2 Å². The van der Waals surface area contributed by atoms with E-state index in [0.29, 0.717) is 0 Å². The second kappa shape index (κ2) is 7.94. The first-order valence-electron chi connectivity index (χ1n) is 10.1. The maximum absolute atomic E-state index is 6.79. The lowest BCUT2D eigenvalue weighted by Crippen LogP contribution is -2.61. The fourth-order valence-electron chi connectivity index (χ4n) is 4.09. The van der Waals surface area contributed by atoms with Gasteiger partial charge in [0.05, 0.1) is 13.2 Å². The van der Waals surface area contributed by atoms with Crippen LogP contribution in [0.2, 0.25) is 0 Å². The van der Waals surface area contributed by atoms with Crippen LogP contribution in [0.1, 0.15) is 80.1 Å². The molecule has 0 saturated carbocycles. The van der Waals surface area contributed by atoms with Crippen LogP contribution in [0, 0.1) is 10.8 Å². The molecule has 0 radical (unpaired) electrons.